The van der Waals surface area contributed by atoms with E-state index in [1.54, 1.807) is 0 Å². The van der Waals surface area contributed by atoms with Gasteiger partial charge in [0.2, 0.25) is 0 Å². The van der Waals surface area contributed by atoms with Crippen molar-refractivity contribution < 1.29 is 0 Å². The normalized spacial score (nSPS) is 10.0. The molecule has 0 amide bonds. The van der Waals surface area contributed by atoms with Crippen LogP contribution in [0.25, 0.3) is 0 Å². The first kappa shape index (κ1) is 8.92. The van der Waals surface area contributed by atoms with Crippen molar-refractivity contribution in [3.8, 4) is 0 Å². The van der Waals surface area contributed by atoms with Crippen LogP contribution in [0.5, 0.6) is 0 Å². The van der Waals surface area contributed by atoms with Crippen molar-refractivity contribution in [3.63, 3.8) is 0 Å². The third-order valence-corrected chi connectivity index (χ3v) is 1.31. The molecule has 0 rings (SSSR count). The maximum absolute atomic E-state index is 5.32. The average molecular weight is 129 g/mol. The number of rotatable bonds is 6. The number of nitrogens with two attached hydrogens (primary N) is 1. The zero-order valence-corrected chi connectivity index (χ0v) is 6.03. The van der Waals surface area contributed by atoms with Crippen LogP contribution >= 0.6 is 0 Å². The van der Waals surface area contributed by atoms with Crippen LogP contribution in [0.2, 0.25) is 0 Å². The monoisotopic (exact) mass is 129 g/mol. The standard InChI is InChI=1S/C7H17N2/c1-9-7-5-3-2-4-6-8/h9H,1-8H2. The third kappa shape index (κ3) is 7.92. The molecule has 0 saturated heterocycles. The molecule has 55 valence electrons. The van der Waals surface area contributed by atoms with Crippen LogP contribution in [0.3, 0.4) is 0 Å². The minimum atomic E-state index is 0.831. The molecule has 0 fully saturated rings. The molecule has 2 heteroatoms. The number of nitrogens with one attached hydrogen (secondary N) is 1. The predicted molar refractivity (Wildman–Crippen MR) is 40.9 cm³/mol. The van der Waals surface area contributed by atoms with E-state index in [9.17, 15) is 0 Å². The lowest BCUT2D eigenvalue weighted by atomic mass is 10.2. The molecule has 3 N–H and O–H groups in total. The molecule has 2 nitrogen and oxygen atoms in total. The second-order valence-electron chi connectivity index (χ2n) is 2.20. The van der Waals surface area contributed by atoms with Gasteiger partial charge in [0.1, 0.15) is 0 Å². The SMILES string of the molecule is [CH2]NCCCCCCN. The van der Waals surface area contributed by atoms with Crippen LogP contribution in [0.1, 0.15) is 25.7 Å². The van der Waals surface area contributed by atoms with Crippen molar-refractivity contribution in [2.45, 2.75) is 25.7 Å². The molecular formula is C7H17N2. The van der Waals surface area contributed by atoms with Crippen molar-refractivity contribution in [1.82, 2.24) is 5.32 Å². The lowest BCUT2D eigenvalue weighted by Crippen LogP contribution is -2.04. The average Bonchev–Trinajstić information content (AvgIpc) is 1.89. The van der Waals surface area contributed by atoms with Gasteiger partial charge in [-0.3, -0.25) is 0 Å². The van der Waals surface area contributed by atoms with Crippen LogP contribution < -0.4 is 11.1 Å². The van der Waals surface area contributed by atoms with E-state index < -0.39 is 0 Å². The van der Waals surface area contributed by atoms with Gasteiger partial charge >= 0.3 is 0 Å². The summed E-state index contributed by atoms with van der Waals surface area (Å²) in [7, 11) is 3.53. The summed E-state index contributed by atoms with van der Waals surface area (Å²) in [6.07, 6.45) is 4.93. The highest BCUT2D eigenvalue weighted by Crippen LogP contribution is 1.96. The molecule has 1 radical (unpaired) electrons. The largest absolute Gasteiger partial charge is 0.330 e. The molecule has 0 spiro atoms. The van der Waals surface area contributed by atoms with E-state index in [-0.39, 0.29) is 0 Å². The van der Waals surface area contributed by atoms with Crippen LogP contribution in [0, 0.1) is 7.05 Å². The molecule has 0 bridgehead atoms. The molecule has 0 aliphatic heterocycles. The second kappa shape index (κ2) is 7.92. The summed E-state index contributed by atoms with van der Waals surface area (Å²) in [5.74, 6) is 0. The zero-order valence-electron chi connectivity index (χ0n) is 6.03. The van der Waals surface area contributed by atoms with Gasteiger partial charge in [-0.15, -0.1) is 0 Å². The molecule has 0 aromatic rings. The van der Waals surface area contributed by atoms with E-state index in [4.69, 9.17) is 5.73 Å². The van der Waals surface area contributed by atoms with Gasteiger partial charge in [0.15, 0.2) is 0 Å². The number of unbranched alkanes of at least 4 members (excludes halogenated alkanes) is 3. The minimum Gasteiger partial charge on any atom is -0.330 e. The first-order chi connectivity index (χ1) is 4.41. The smallest absolute Gasteiger partial charge is 0.00767 e. The highest BCUT2D eigenvalue weighted by molar-refractivity contribution is 4.46. The molecule has 0 aliphatic carbocycles. The summed E-state index contributed by atoms with van der Waals surface area (Å²) in [6.45, 7) is 1.86. The Morgan fingerprint density at radius 3 is 2.33 bits per heavy atom. The summed E-state index contributed by atoms with van der Waals surface area (Å²) in [4.78, 5) is 0. The highest BCUT2D eigenvalue weighted by atomic mass is 14.8. The molecule has 0 heterocycles. The van der Waals surface area contributed by atoms with Gasteiger partial charge in [0, 0.05) is 7.05 Å². The van der Waals surface area contributed by atoms with E-state index >= 15 is 0 Å². The van der Waals surface area contributed by atoms with Crippen LogP contribution in [0.4, 0.5) is 0 Å². The van der Waals surface area contributed by atoms with Gasteiger partial charge in [0.05, 0.1) is 0 Å². The Balaban J connectivity index is 2.60. The molecule has 0 aromatic heterocycles. The van der Waals surface area contributed by atoms with E-state index in [1.165, 1.54) is 19.3 Å². The quantitative estimate of drug-likeness (QED) is 0.523. The molecule has 9 heavy (non-hydrogen) atoms. The van der Waals surface area contributed by atoms with E-state index in [0.717, 1.165) is 19.5 Å². The maximum atomic E-state index is 5.32. The maximum Gasteiger partial charge on any atom is 0.00767 e. The second-order valence-corrected chi connectivity index (χ2v) is 2.20. The third-order valence-electron chi connectivity index (χ3n) is 1.31. The first-order valence-corrected chi connectivity index (χ1v) is 3.62. The fourth-order valence-electron chi connectivity index (χ4n) is 0.748. The molecule has 0 saturated carbocycles. The minimum absolute atomic E-state index is 0.831. The van der Waals surface area contributed by atoms with E-state index in [0.29, 0.717) is 0 Å². The van der Waals surface area contributed by atoms with Gasteiger partial charge in [0.25, 0.3) is 0 Å². The summed E-state index contributed by atoms with van der Waals surface area (Å²) >= 11 is 0. The molecule has 0 aliphatic rings. The fourth-order valence-corrected chi connectivity index (χ4v) is 0.748. The summed E-state index contributed by atoms with van der Waals surface area (Å²) < 4.78 is 0. The van der Waals surface area contributed by atoms with Gasteiger partial charge < -0.3 is 11.1 Å². The molecule has 0 atom stereocenters. The Morgan fingerprint density at radius 2 is 1.78 bits per heavy atom. The van der Waals surface area contributed by atoms with Crippen LogP contribution in [-0.2, 0) is 0 Å². The Labute approximate surface area is 57.8 Å². The van der Waals surface area contributed by atoms with Gasteiger partial charge in [-0.05, 0) is 25.9 Å². The Kier molecular flexibility index (Phi) is 7.85. The number of hydrogen-bond acceptors (Lipinski definition) is 2. The van der Waals surface area contributed by atoms with Crippen molar-refractivity contribution in [2.24, 2.45) is 5.73 Å². The number of hydrogen-bond donors (Lipinski definition) is 2. The zero-order chi connectivity index (χ0) is 6.95. The molecular weight excluding hydrogens is 112 g/mol. The van der Waals surface area contributed by atoms with Gasteiger partial charge in [-0.2, -0.15) is 0 Å². The van der Waals surface area contributed by atoms with Gasteiger partial charge in [-0.25, -0.2) is 0 Å². The Morgan fingerprint density at radius 1 is 1.11 bits per heavy atom. The summed E-state index contributed by atoms with van der Waals surface area (Å²) in [5, 5.41) is 2.86. The van der Waals surface area contributed by atoms with Crippen molar-refractivity contribution in [2.75, 3.05) is 13.1 Å². The van der Waals surface area contributed by atoms with Crippen molar-refractivity contribution in [1.29, 1.82) is 0 Å². The van der Waals surface area contributed by atoms with Crippen LogP contribution in [0.15, 0.2) is 0 Å². The van der Waals surface area contributed by atoms with E-state index in [1.807, 2.05) is 0 Å². The topological polar surface area (TPSA) is 38.0 Å². The molecule has 0 unspecified atom stereocenters. The van der Waals surface area contributed by atoms with E-state index in [2.05, 4.69) is 12.4 Å². The lowest BCUT2D eigenvalue weighted by molar-refractivity contribution is 0.629. The van der Waals surface area contributed by atoms with Crippen molar-refractivity contribution in [3.05, 3.63) is 7.05 Å². The van der Waals surface area contributed by atoms with Crippen molar-refractivity contribution >= 4 is 0 Å². The van der Waals surface area contributed by atoms with Gasteiger partial charge in [-0.1, -0.05) is 12.8 Å². The predicted octanol–water partition coefficient (Wildman–Crippen LogP) is 0.887. The van der Waals surface area contributed by atoms with Crippen LogP contribution in [-0.4, -0.2) is 13.1 Å². The Hall–Kier alpha value is -0.0800. The highest BCUT2D eigenvalue weighted by Gasteiger charge is 1.85. The fraction of sp³-hybridized carbons (Fsp3) is 0.857. The first-order valence-electron chi connectivity index (χ1n) is 3.62. The lowest BCUT2D eigenvalue weighted by Gasteiger charge is -1.97. The summed E-state index contributed by atoms with van der Waals surface area (Å²) in [6, 6.07) is 0. The summed E-state index contributed by atoms with van der Waals surface area (Å²) in [5.41, 5.74) is 5.32. The molecule has 0 aromatic carbocycles. The Bertz CT molecular complexity index is 40.2.